The van der Waals surface area contributed by atoms with Gasteiger partial charge >= 0.3 is 11.9 Å². The molecule has 4 rings (SSSR count). The van der Waals surface area contributed by atoms with Gasteiger partial charge in [0, 0.05) is 16.7 Å². The first-order valence-corrected chi connectivity index (χ1v) is 11.8. The van der Waals surface area contributed by atoms with Crippen LogP contribution in [0.2, 0.25) is 0 Å². The minimum absolute atomic E-state index is 0.00680. The van der Waals surface area contributed by atoms with Gasteiger partial charge in [0.05, 0.1) is 12.5 Å². The van der Waals surface area contributed by atoms with E-state index in [1.165, 1.54) is 6.08 Å². The average molecular weight is 477 g/mol. The second-order valence-corrected chi connectivity index (χ2v) is 11.0. The number of hydrogen-bond acceptors (Lipinski definition) is 7. The Labute approximate surface area is 197 Å². The smallest absolute Gasteiger partial charge is 0.310 e. The topological polar surface area (TPSA) is 169 Å². The first-order valence-electron chi connectivity index (χ1n) is 11.8. The third-order valence-corrected chi connectivity index (χ3v) is 9.42. The van der Waals surface area contributed by atoms with Crippen LogP contribution in [0.5, 0.6) is 0 Å². The average Bonchev–Trinajstić information content (AvgIpc) is 3.02. The number of hydrogen-bond donors (Lipinski definition) is 5. The Kier molecular flexibility index (Phi) is 5.90. The van der Waals surface area contributed by atoms with Gasteiger partial charge in [-0.25, -0.2) is 0 Å². The summed E-state index contributed by atoms with van der Waals surface area (Å²) in [5.74, 6) is -6.60. The van der Waals surface area contributed by atoms with Gasteiger partial charge in [0.1, 0.15) is 17.6 Å². The summed E-state index contributed by atoms with van der Waals surface area (Å²) in [6.07, 6.45) is 2.81. The first-order chi connectivity index (χ1) is 15.8. The van der Waals surface area contributed by atoms with E-state index in [0.29, 0.717) is 19.3 Å². The third-order valence-electron chi connectivity index (χ3n) is 9.42. The van der Waals surface area contributed by atoms with Crippen molar-refractivity contribution in [3.8, 4) is 0 Å². The van der Waals surface area contributed by atoms with Crippen molar-refractivity contribution in [3.63, 3.8) is 0 Å². The number of carboxylic acids is 2. The van der Waals surface area contributed by atoms with Crippen molar-refractivity contribution in [2.45, 2.75) is 70.2 Å². The molecule has 0 amide bonds. The minimum Gasteiger partial charge on any atom is -0.481 e. The zero-order valence-electron chi connectivity index (χ0n) is 19.3. The molecule has 0 aromatic carbocycles. The molecular weight excluding hydrogens is 444 g/mol. The molecule has 0 spiro atoms. The van der Waals surface area contributed by atoms with Gasteiger partial charge in [-0.2, -0.15) is 0 Å². The van der Waals surface area contributed by atoms with Crippen LogP contribution < -0.4 is 0 Å². The van der Waals surface area contributed by atoms with Crippen LogP contribution in [0, 0.1) is 34.5 Å². The number of allylic oxidation sites excluding steroid dienone is 4. The molecule has 4 aliphatic carbocycles. The van der Waals surface area contributed by atoms with E-state index in [1.807, 2.05) is 13.0 Å². The standard InChI is InChI=1S/C25H32O9/c1-23-7-5-13(26)9-12(23)3-4-14-16-6-8-25(34,24(16,2)11-17(27)19(14)23)21(31)20(30)15(22(32)33)10-18(28)29/h5,7,9,14-17,19-20,27,30,34H,3-4,6,8,10-11H2,1-2H3,(H,28,29)(H,32,33)/t14?,15?,16?,17?,19?,20?,23-,24-,25-/m0/s1. The quantitative estimate of drug-likeness (QED) is 0.377. The number of Topliss-reactive ketones (excluding diaryl/α,β-unsaturated/α-hetero) is 1. The molecule has 186 valence electrons. The summed E-state index contributed by atoms with van der Waals surface area (Å²) in [6.45, 7) is 3.71. The second-order valence-electron chi connectivity index (χ2n) is 11.0. The van der Waals surface area contributed by atoms with Crippen LogP contribution in [-0.2, 0) is 19.2 Å². The fourth-order valence-corrected chi connectivity index (χ4v) is 7.68. The predicted octanol–water partition coefficient (Wildman–Crippen LogP) is 1.10. The van der Waals surface area contributed by atoms with Crippen molar-refractivity contribution in [1.82, 2.24) is 0 Å². The largest absolute Gasteiger partial charge is 0.481 e. The summed E-state index contributed by atoms with van der Waals surface area (Å²) in [5.41, 5.74) is -2.76. The molecule has 34 heavy (non-hydrogen) atoms. The molecule has 0 heterocycles. The van der Waals surface area contributed by atoms with Gasteiger partial charge in [-0.1, -0.05) is 25.5 Å². The number of carboxylic acid groups (broad SMARTS) is 2. The lowest BCUT2D eigenvalue weighted by Crippen LogP contribution is -2.63. The number of ketones is 2. The lowest BCUT2D eigenvalue weighted by molar-refractivity contribution is -0.186. The van der Waals surface area contributed by atoms with E-state index in [2.05, 4.69) is 0 Å². The van der Waals surface area contributed by atoms with Gasteiger partial charge in [0.2, 0.25) is 0 Å². The highest BCUT2D eigenvalue weighted by atomic mass is 16.4. The lowest BCUT2D eigenvalue weighted by atomic mass is 9.46. The van der Waals surface area contributed by atoms with Gasteiger partial charge in [-0.3, -0.25) is 19.2 Å². The molecule has 5 N–H and O–H groups in total. The summed E-state index contributed by atoms with van der Waals surface area (Å²) in [4.78, 5) is 47.9. The van der Waals surface area contributed by atoms with Crippen molar-refractivity contribution < 1.29 is 44.7 Å². The second kappa shape index (κ2) is 8.10. The van der Waals surface area contributed by atoms with E-state index >= 15 is 0 Å². The summed E-state index contributed by atoms with van der Waals surface area (Å²) in [7, 11) is 0. The fourth-order valence-electron chi connectivity index (χ4n) is 7.68. The van der Waals surface area contributed by atoms with Crippen LogP contribution in [0.4, 0.5) is 0 Å². The first kappa shape index (κ1) is 24.8. The number of aliphatic carboxylic acids is 2. The number of fused-ring (bicyclic) bond motifs is 5. The Morgan fingerprint density at radius 3 is 2.47 bits per heavy atom. The van der Waals surface area contributed by atoms with E-state index in [9.17, 15) is 39.6 Å². The maximum Gasteiger partial charge on any atom is 0.310 e. The summed E-state index contributed by atoms with van der Waals surface area (Å²) in [5, 5.41) is 52.0. The minimum atomic E-state index is -2.19. The Bertz CT molecular complexity index is 998. The van der Waals surface area contributed by atoms with Gasteiger partial charge in [0.25, 0.3) is 0 Å². The summed E-state index contributed by atoms with van der Waals surface area (Å²) >= 11 is 0. The number of aliphatic hydroxyl groups excluding tert-OH is 2. The molecule has 9 heteroatoms. The Morgan fingerprint density at radius 2 is 1.85 bits per heavy atom. The number of aliphatic hydroxyl groups is 3. The molecular formula is C25H32O9. The lowest BCUT2D eigenvalue weighted by Gasteiger charge is -2.59. The van der Waals surface area contributed by atoms with Crippen molar-refractivity contribution in [1.29, 1.82) is 0 Å². The highest BCUT2D eigenvalue weighted by molar-refractivity contribution is 6.01. The van der Waals surface area contributed by atoms with Gasteiger partial charge in [-0.05, 0) is 56.1 Å². The van der Waals surface area contributed by atoms with Crippen LogP contribution >= 0.6 is 0 Å². The number of carbonyl (C=O) groups excluding carboxylic acids is 2. The highest BCUT2D eigenvalue weighted by Crippen LogP contribution is 2.67. The van der Waals surface area contributed by atoms with E-state index in [-0.39, 0.29) is 36.4 Å². The number of rotatable bonds is 6. The molecule has 4 aliphatic rings. The molecule has 0 radical (unpaired) electrons. The monoisotopic (exact) mass is 476 g/mol. The number of carbonyl (C=O) groups is 4. The van der Waals surface area contributed by atoms with Gasteiger partial charge in [0.15, 0.2) is 11.6 Å². The predicted molar refractivity (Wildman–Crippen MR) is 117 cm³/mol. The van der Waals surface area contributed by atoms with Gasteiger partial charge < -0.3 is 25.5 Å². The van der Waals surface area contributed by atoms with E-state index < -0.39 is 58.7 Å². The van der Waals surface area contributed by atoms with E-state index in [1.54, 1.807) is 13.0 Å². The Balaban J connectivity index is 1.66. The van der Waals surface area contributed by atoms with Crippen LogP contribution in [0.3, 0.4) is 0 Å². The SMILES string of the molecule is C[C@]12C=CC(=O)C=C1CCC1C2C(O)C[C@@]2(C)C1CC[C@]2(O)C(=O)C(O)C(CC(=O)O)C(=O)O. The molecule has 0 aliphatic heterocycles. The van der Waals surface area contributed by atoms with Crippen molar-refractivity contribution >= 4 is 23.5 Å². The molecule has 3 saturated carbocycles. The third kappa shape index (κ3) is 3.39. The maximum absolute atomic E-state index is 13.4. The van der Waals surface area contributed by atoms with Crippen LogP contribution in [0.1, 0.15) is 52.4 Å². The van der Waals surface area contributed by atoms with Crippen LogP contribution in [-0.4, -0.2) is 66.8 Å². The molecule has 9 nitrogen and oxygen atoms in total. The fraction of sp³-hybridized carbons (Fsp3) is 0.680. The van der Waals surface area contributed by atoms with E-state index in [4.69, 9.17) is 5.11 Å². The molecule has 6 unspecified atom stereocenters. The van der Waals surface area contributed by atoms with E-state index in [0.717, 1.165) is 5.57 Å². The van der Waals surface area contributed by atoms with Gasteiger partial charge in [-0.15, -0.1) is 0 Å². The van der Waals surface area contributed by atoms with Crippen LogP contribution in [0.15, 0.2) is 23.8 Å². The molecule has 0 aromatic heterocycles. The molecule has 0 bridgehead atoms. The Morgan fingerprint density at radius 1 is 1.18 bits per heavy atom. The molecule has 3 fully saturated rings. The maximum atomic E-state index is 13.4. The Hall–Kier alpha value is -2.36. The zero-order valence-corrected chi connectivity index (χ0v) is 19.3. The van der Waals surface area contributed by atoms with Crippen molar-refractivity contribution in [2.24, 2.45) is 34.5 Å². The molecule has 0 saturated heterocycles. The normalized spacial score (nSPS) is 42.6. The zero-order chi connectivity index (χ0) is 25.2. The molecule has 0 aromatic rings. The summed E-state index contributed by atoms with van der Waals surface area (Å²) in [6, 6.07) is 0. The van der Waals surface area contributed by atoms with Crippen molar-refractivity contribution in [3.05, 3.63) is 23.8 Å². The summed E-state index contributed by atoms with van der Waals surface area (Å²) < 4.78 is 0. The molecule has 9 atom stereocenters. The highest BCUT2D eigenvalue weighted by Gasteiger charge is 2.69. The van der Waals surface area contributed by atoms with Crippen molar-refractivity contribution in [2.75, 3.05) is 0 Å². The van der Waals surface area contributed by atoms with Crippen LogP contribution in [0.25, 0.3) is 0 Å².